The van der Waals surface area contributed by atoms with E-state index in [1.807, 2.05) is 13.0 Å². The van der Waals surface area contributed by atoms with E-state index in [1.54, 1.807) is 6.07 Å². The Labute approximate surface area is 106 Å². The second-order valence-electron chi connectivity index (χ2n) is 3.97. The van der Waals surface area contributed by atoms with Crippen LogP contribution < -0.4 is 16.0 Å². The summed E-state index contributed by atoms with van der Waals surface area (Å²) in [5, 5.41) is 0. The van der Waals surface area contributed by atoms with Gasteiger partial charge in [0, 0.05) is 6.42 Å². The molecule has 0 heterocycles. The molecule has 0 saturated carbocycles. The number of hydrogen-bond acceptors (Lipinski definition) is 3. The lowest BCUT2D eigenvalue weighted by atomic mass is 10.1. The third-order valence-electron chi connectivity index (χ3n) is 2.58. The molecule has 0 fully saturated rings. The molecular formula is C13H19FN2O2. The van der Waals surface area contributed by atoms with Gasteiger partial charge in [-0.1, -0.05) is 6.07 Å². The highest BCUT2D eigenvalue weighted by Gasteiger charge is 2.04. The molecule has 0 atom stereocenters. The van der Waals surface area contributed by atoms with Gasteiger partial charge in [-0.25, -0.2) is 10.2 Å². The Hall–Kier alpha value is -1.62. The van der Waals surface area contributed by atoms with Crippen molar-refractivity contribution in [3.8, 4) is 5.75 Å². The standard InChI is InChI=1S/C13H19FN2O2/c1-2-18-12-8-7-10(9-11(12)14)5-3-4-6-13(17)16-15/h7-9H,2-6,15H2,1H3,(H,16,17). The molecule has 0 aliphatic rings. The molecule has 1 amide bonds. The molecule has 4 nitrogen and oxygen atoms in total. The summed E-state index contributed by atoms with van der Waals surface area (Å²) in [5.41, 5.74) is 2.99. The molecular weight excluding hydrogens is 235 g/mol. The average molecular weight is 254 g/mol. The van der Waals surface area contributed by atoms with Crippen molar-refractivity contribution in [3.63, 3.8) is 0 Å². The van der Waals surface area contributed by atoms with Crippen molar-refractivity contribution in [3.05, 3.63) is 29.6 Å². The predicted octanol–water partition coefficient (Wildman–Crippen LogP) is 1.93. The van der Waals surface area contributed by atoms with Crippen LogP contribution in [-0.4, -0.2) is 12.5 Å². The van der Waals surface area contributed by atoms with Gasteiger partial charge in [0.1, 0.15) is 0 Å². The van der Waals surface area contributed by atoms with Crippen molar-refractivity contribution in [1.29, 1.82) is 0 Å². The molecule has 0 unspecified atom stereocenters. The van der Waals surface area contributed by atoms with Gasteiger partial charge in [-0.15, -0.1) is 0 Å². The highest BCUT2D eigenvalue weighted by atomic mass is 19.1. The van der Waals surface area contributed by atoms with Gasteiger partial charge in [0.2, 0.25) is 5.91 Å². The van der Waals surface area contributed by atoms with Gasteiger partial charge in [-0.2, -0.15) is 0 Å². The quantitative estimate of drug-likeness (QED) is 0.338. The fraction of sp³-hybridized carbons (Fsp3) is 0.462. The predicted molar refractivity (Wildman–Crippen MR) is 67.5 cm³/mol. The molecule has 0 spiro atoms. The van der Waals surface area contributed by atoms with Crippen molar-refractivity contribution < 1.29 is 13.9 Å². The van der Waals surface area contributed by atoms with Gasteiger partial charge in [0.15, 0.2) is 11.6 Å². The number of carbonyl (C=O) groups is 1. The van der Waals surface area contributed by atoms with E-state index in [-0.39, 0.29) is 17.5 Å². The van der Waals surface area contributed by atoms with Gasteiger partial charge in [-0.05, 0) is 43.9 Å². The number of amides is 1. The minimum absolute atomic E-state index is 0.173. The lowest BCUT2D eigenvalue weighted by Gasteiger charge is -2.06. The fourth-order valence-corrected chi connectivity index (χ4v) is 1.66. The second kappa shape index (κ2) is 7.66. The van der Waals surface area contributed by atoms with Crippen molar-refractivity contribution >= 4 is 5.91 Å². The van der Waals surface area contributed by atoms with Crippen LogP contribution in [0.1, 0.15) is 31.7 Å². The van der Waals surface area contributed by atoms with E-state index in [9.17, 15) is 9.18 Å². The average Bonchev–Trinajstić information content (AvgIpc) is 2.37. The summed E-state index contributed by atoms with van der Waals surface area (Å²) in [5.74, 6) is 4.74. The number of hydrazine groups is 1. The largest absolute Gasteiger partial charge is 0.491 e. The zero-order chi connectivity index (χ0) is 13.4. The highest BCUT2D eigenvalue weighted by Crippen LogP contribution is 2.19. The zero-order valence-electron chi connectivity index (χ0n) is 10.5. The fourth-order valence-electron chi connectivity index (χ4n) is 1.66. The molecule has 5 heteroatoms. The normalized spacial score (nSPS) is 10.2. The number of halogens is 1. The SMILES string of the molecule is CCOc1ccc(CCCCC(=O)NN)cc1F. The Morgan fingerprint density at radius 1 is 1.44 bits per heavy atom. The number of ether oxygens (including phenoxy) is 1. The summed E-state index contributed by atoms with van der Waals surface area (Å²) in [4.78, 5) is 10.9. The molecule has 0 saturated heterocycles. The Bertz CT molecular complexity index is 397. The second-order valence-corrected chi connectivity index (χ2v) is 3.97. The number of carbonyl (C=O) groups excluding carboxylic acids is 1. The summed E-state index contributed by atoms with van der Waals surface area (Å²) in [6, 6.07) is 4.96. The number of unbranched alkanes of at least 4 members (excludes halogenated alkanes) is 1. The van der Waals surface area contributed by atoms with E-state index in [0.29, 0.717) is 13.0 Å². The number of benzene rings is 1. The van der Waals surface area contributed by atoms with Crippen molar-refractivity contribution in [2.24, 2.45) is 5.84 Å². The van der Waals surface area contributed by atoms with Gasteiger partial charge < -0.3 is 4.74 Å². The maximum Gasteiger partial charge on any atom is 0.233 e. The molecule has 1 aromatic carbocycles. The number of nitrogens with two attached hydrogens (primary N) is 1. The summed E-state index contributed by atoms with van der Waals surface area (Å²) in [6.45, 7) is 2.26. The van der Waals surface area contributed by atoms with Crippen LogP contribution in [0.4, 0.5) is 4.39 Å². The smallest absolute Gasteiger partial charge is 0.233 e. The Balaban J connectivity index is 2.39. The number of rotatable bonds is 7. The van der Waals surface area contributed by atoms with Crippen LogP contribution in [0.5, 0.6) is 5.75 Å². The number of nitrogens with one attached hydrogen (secondary N) is 1. The van der Waals surface area contributed by atoms with E-state index in [4.69, 9.17) is 10.6 Å². The van der Waals surface area contributed by atoms with Crippen molar-refractivity contribution in [2.75, 3.05) is 6.61 Å². The van der Waals surface area contributed by atoms with Crippen LogP contribution in [0, 0.1) is 5.82 Å². The molecule has 0 radical (unpaired) electrons. The van der Waals surface area contributed by atoms with E-state index >= 15 is 0 Å². The lowest BCUT2D eigenvalue weighted by Crippen LogP contribution is -2.29. The molecule has 18 heavy (non-hydrogen) atoms. The van der Waals surface area contributed by atoms with Crippen molar-refractivity contribution in [1.82, 2.24) is 5.43 Å². The summed E-state index contributed by atoms with van der Waals surface area (Å²) < 4.78 is 18.6. The third kappa shape index (κ3) is 4.71. The molecule has 100 valence electrons. The molecule has 0 bridgehead atoms. The van der Waals surface area contributed by atoms with Gasteiger partial charge >= 0.3 is 0 Å². The number of hydrogen-bond donors (Lipinski definition) is 2. The first-order valence-corrected chi connectivity index (χ1v) is 6.08. The van der Waals surface area contributed by atoms with Crippen LogP contribution in [0.25, 0.3) is 0 Å². The van der Waals surface area contributed by atoms with Gasteiger partial charge in [0.25, 0.3) is 0 Å². The molecule has 0 aliphatic carbocycles. The summed E-state index contributed by atoms with van der Waals surface area (Å²) in [7, 11) is 0. The lowest BCUT2D eigenvalue weighted by molar-refractivity contribution is -0.121. The first-order valence-electron chi connectivity index (χ1n) is 6.08. The topological polar surface area (TPSA) is 64.3 Å². The molecule has 1 rings (SSSR count). The zero-order valence-corrected chi connectivity index (χ0v) is 10.5. The van der Waals surface area contributed by atoms with E-state index in [2.05, 4.69) is 5.43 Å². The minimum atomic E-state index is -0.339. The van der Waals surface area contributed by atoms with E-state index in [1.165, 1.54) is 6.07 Å². The van der Waals surface area contributed by atoms with Gasteiger partial charge in [-0.3, -0.25) is 10.2 Å². The van der Waals surface area contributed by atoms with Crippen LogP contribution in [0.3, 0.4) is 0 Å². The monoisotopic (exact) mass is 254 g/mol. The molecule has 0 aliphatic heterocycles. The summed E-state index contributed by atoms with van der Waals surface area (Å²) in [6.07, 6.45) is 2.69. The minimum Gasteiger partial charge on any atom is -0.491 e. The first-order chi connectivity index (χ1) is 8.67. The van der Waals surface area contributed by atoms with E-state index in [0.717, 1.165) is 24.8 Å². The Kier molecular flexibility index (Phi) is 6.14. The molecule has 1 aromatic rings. The van der Waals surface area contributed by atoms with Crippen LogP contribution in [-0.2, 0) is 11.2 Å². The van der Waals surface area contributed by atoms with Gasteiger partial charge in [0.05, 0.1) is 6.61 Å². The maximum atomic E-state index is 13.5. The molecule has 3 N–H and O–H groups in total. The summed E-state index contributed by atoms with van der Waals surface area (Å²) >= 11 is 0. The van der Waals surface area contributed by atoms with Crippen LogP contribution >= 0.6 is 0 Å². The van der Waals surface area contributed by atoms with Crippen molar-refractivity contribution in [2.45, 2.75) is 32.6 Å². The Morgan fingerprint density at radius 2 is 2.22 bits per heavy atom. The maximum absolute atomic E-state index is 13.5. The first kappa shape index (κ1) is 14.4. The third-order valence-corrected chi connectivity index (χ3v) is 2.58. The molecule has 0 aromatic heterocycles. The van der Waals surface area contributed by atoms with Crippen LogP contribution in [0.2, 0.25) is 0 Å². The highest BCUT2D eigenvalue weighted by molar-refractivity contribution is 5.75. The van der Waals surface area contributed by atoms with E-state index < -0.39 is 0 Å². The number of aryl methyl sites for hydroxylation is 1. The van der Waals surface area contributed by atoms with Crippen LogP contribution in [0.15, 0.2) is 18.2 Å². The Morgan fingerprint density at radius 3 is 2.83 bits per heavy atom.